The Labute approximate surface area is 52.3 Å². The Morgan fingerprint density at radius 1 is 1.78 bits per heavy atom. The first-order valence-corrected chi connectivity index (χ1v) is 2.62. The maximum atomic E-state index is 10.6. The average molecular weight is 125 g/mol. The zero-order chi connectivity index (χ0) is 6.69. The van der Waals surface area contributed by atoms with Crippen LogP contribution in [0.2, 0.25) is 0 Å². The standard InChI is InChI=1S/C6H7NO2/c8-4-6(9)5-2-1-3-7-5/h1-3,7-8H,4H2. The van der Waals surface area contributed by atoms with Gasteiger partial charge in [0.15, 0.2) is 0 Å². The Morgan fingerprint density at radius 3 is 3.00 bits per heavy atom. The number of ketones is 1. The summed E-state index contributed by atoms with van der Waals surface area (Å²) in [6.45, 7) is -0.430. The van der Waals surface area contributed by atoms with Crippen molar-refractivity contribution in [2.45, 2.75) is 0 Å². The van der Waals surface area contributed by atoms with Crippen molar-refractivity contribution in [3.63, 3.8) is 0 Å². The van der Waals surface area contributed by atoms with Crippen molar-refractivity contribution >= 4 is 5.78 Å². The summed E-state index contributed by atoms with van der Waals surface area (Å²) < 4.78 is 0. The van der Waals surface area contributed by atoms with Crippen molar-refractivity contribution in [3.05, 3.63) is 24.0 Å². The van der Waals surface area contributed by atoms with Crippen LogP contribution in [0.5, 0.6) is 0 Å². The zero-order valence-electron chi connectivity index (χ0n) is 4.79. The highest BCUT2D eigenvalue weighted by atomic mass is 16.3. The Hall–Kier alpha value is -1.09. The zero-order valence-corrected chi connectivity index (χ0v) is 4.79. The van der Waals surface area contributed by atoms with Crippen LogP contribution in [0, 0.1) is 0 Å². The van der Waals surface area contributed by atoms with E-state index in [1.54, 1.807) is 18.3 Å². The van der Waals surface area contributed by atoms with Gasteiger partial charge in [0, 0.05) is 6.20 Å². The van der Waals surface area contributed by atoms with Gasteiger partial charge in [-0.25, -0.2) is 0 Å². The van der Waals surface area contributed by atoms with E-state index in [-0.39, 0.29) is 5.78 Å². The van der Waals surface area contributed by atoms with E-state index in [4.69, 9.17) is 5.11 Å². The second-order valence-corrected chi connectivity index (χ2v) is 1.67. The summed E-state index contributed by atoms with van der Waals surface area (Å²) in [4.78, 5) is 13.3. The third-order valence-electron chi connectivity index (χ3n) is 1.04. The molecule has 9 heavy (non-hydrogen) atoms. The molecule has 0 bridgehead atoms. The second-order valence-electron chi connectivity index (χ2n) is 1.67. The number of rotatable bonds is 2. The van der Waals surface area contributed by atoms with Crippen LogP contribution < -0.4 is 0 Å². The van der Waals surface area contributed by atoms with E-state index in [0.717, 1.165) is 0 Å². The lowest BCUT2D eigenvalue weighted by Gasteiger charge is -1.87. The predicted octanol–water partition coefficient (Wildman–Crippen LogP) is 0.190. The largest absolute Gasteiger partial charge is 0.388 e. The minimum Gasteiger partial charge on any atom is -0.388 e. The van der Waals surface area contributed by atoms with E-state index in [0.29, 0.717) is 5.69 Å². The molecule has 0 unspecified atom stereocenters. The molecule has 3 nitrogen and oxygen atoms in total. The van der Waals surface area contributed by atoms with Crippen LogP contribution in [-0.4, -0.2) is 22.5 Å². The molecule has 1 aromatic heterocycles. The first-order valence-electron chi connectivity index (χ1n) is 2.62. The van der Waals surface area contributed by atoms with Crippen molar-refractivity contribution in [1.29, 1.82) is 0 Å². The number of hydrogen-bond acceptors (Lipinski definition) is 2. The molecule has 0 aromatic carbocycles. The third-order valence-corrected chi connectivity index (χ3v) is 1.04. The van der Waals surface area contributed by atoms with Crippen molar-refractivity contribution in [2.24, 2.45) is 0 Å². The van der Waals surface area contributed by atoms with E-state index < -0.39 is 6.61 Å². The Balaban J connectivity index is 2.77. The molecule has 0 saturated carbocycles. The minimum atomic E-state index is -0.430. The molecule has 0 radical (unpaired) electrons. The molecule has 0 atom stereocenters. The van der Waals surface area contributed by atoms with E-state index >= 15 is 0 Å². The highest BCUT2D eigenvalue weighted by molar-refractivity contribution is 5.95. The number of carbonyl (C=O) groups excluding carboxylic acids is 1. The summed E-state index contributed by atoms with van der Waals surface area (Å²) in [7, 11) is 0. The van der Waals surface area contributed by atoms with Gasteiger partial charge in [0.25, 0.3) is 0 Å². The van der Waals surface area contributed by atoms with Crippen molar-refractivity contribution in [1.82, 2.24) is 4.98 Å². The molecule has 1 aromatic rings. The molecule has 0 aliphatic rings. The van der Waals surface area contributed by atoms with Crippen LogP contribution in [0.25, 0.3) is 0 Å². The van der Waals surface area contributed by atoms with Crippen LogP contribution >= 0.6 is 0 Å². The topological polar surface area (TPSA) is 53.1 Å². The second kappa shape index (κ2) is 2.46. The number of carbonyl (C=O) groups is 1. The number of H-pyrrole nitrogens is 1. The van der Waals surface area contributed by atoms with Crippen molar-refractivity contribution < 1.29 is 9.90 Å². The number of aliphatic hydroxyl groups is 1. The number of aromatic amines is 1. The molecule has 0 spiro atoms. The van der Waals surface area contributed by atoms with Gasteiger partial charge < -0.3 is 10.1 Å². The van der Waals surface area contributed by atoms with Crippen molar-refractivity contribution in [2.75, 3.05) is 6.61 Å². The van der Waals surface area contributed by atoms with Gasteiger partial charge in [0.2, 0.25) is 5.78 Å². The molecular weight excluding hydrogens is 118 g/mol. The molecule has 0 amide bonds. The maximum absolute atomic E-state index is 10.6. The summed E-state index contributed by atoms with van der Waals surface area (Å²) in [6.07, 6.45) is 1.64. The van der Waals surface area contributed by atoms with Gasteiger partial charge in [0.1, 0.15) is 6.61 Å². The third kappa shape index (κ3) is 1.17. The summed E-state index contributed by atoms with van der Waals surface area (Å²) in [5.41, 5.74) is 0.456. The van der Waals surface area contributed by atoms with Crippen molar-refractivity contribution in [3.8, 4) is 0 Å². The number of hydrogen-bond donors (Lipinski definition) is 2. The summed E-state index contributed by atoms with van der Waals surface area (Å²) in [5.74, 6) is -0.278. The Morgan fingerprint density at radius 2 is 2.56 bits per heavy atom. The molecule has 2 N–H and O–H groups in total. The smallest absolute Gasteiger partial charge is 0.204 e. The highest BCUT2D eigenvalue weighted by Crippen LogP contribution is 1.93. The van der Waals surface area contributed by atoms with Gasteiger partial charge in [-0.1, -0.05) is 0 Å². The monoisotopic (exact) mass is 125 g/mol. The molecule has 48 valence electrons. The number of aliphatic hydroxyl groups excluding tert-OH is 1. The molecule has 1 rings (SSSR count). The van der Waals surface area contributed by atoms with Gasteiger partial charge in [-0.3, -0.25) is 4.79 Å². The summed E-state index contributed by atoms with van der Waals surface area (Å²) in [5, 5.41) is 8.34. The molecule has 0 aliphatic heterocycles. The fourth-order valence-electron chi connectivity index (χ4n) is 0.589. The first-order chi connectivity index (χ1) is 4.34. The lowest BCUT2D eigenvalue weighted by molar-refractivity contribution is 0.0899. The molecular formula is C6H7NO2. The van der Waals surface area contributed by atoms with Crippen LogP contribution in [0.3, 0.4) is 0 Å². The van der Waals surface area contributed by atoms with E-state index in [1.807, 2.05) is 0 Å². The highest BCUT2D eigenvalue weighted by Gasteiger charge is 2.01. The fraction of sp³-hybridized carbons (Fsp3) is 0.167. The predicted molar refractivity (Wildman–Crippen MR) is 32.2 cm³/mol. The van der Waals surface area contributed by atoms with Gasteiger partial charge in [-0.15, -0.1) is 0 Å². The number of nitrogens with one attached hydrogen (secondary N) is 1. The van der Waals surface area contributed by atoms with E-state index in [9.17, 15) is 4.79 Å². The van der Waals surface area contributed by atoms with Gasteiger partial charge in [0.05, 0.1) is 5.69 Å². The lowest BCUT2D eigenvalue weighted by Crippen LogP contribution is -2.03. The van der Waals surface area contributed by atoms with Crippen LogP contribution in [0.4, 0.5) is 0 Å². The van der Waals surface area contributed by atoms with Crippen LogP contribution in [-0.2, 0) is 0 Å². The summed E-state index contributed by atoms with van der Waals surface area (Å²) in [6, 6.07) is 3.33. The molecule has 1 heterocycles. The quantitative estimate of drug-likeness (QED) is 0.554. The SMILES string of the molecule is O=C(CO)c1ccc[nH]1. The molecule has 0 saturated heterocycles. The Kier molecular flexibility index (Phi) is 1.65. The first kappa shape index (κ1) is 6.04. The van der Waals surface area contributed by atoms with E-state index in [2.05, 4.69) is 4.98 Å². The number of aromatic nitrogens is 1. The van der Waals surface area contributed by atoms with Crippen LogP contribution in [0.15, 0.2) is 18.3 Å². The van der Waals surface area contributed by atoms with E-state index in [1.165, 1.54) is 0 Å². The Bertz CT molecular complexity index is 191. The maximum Gasteiger partial charge on any atom is 0.204 e. The van der Waals surface area contributed by atoms with Gasteiger partial charge in [-0.05, 0) is 12.1 Å². The average Bonchev–Trinajstić information content (AvgIpc) is 2.37. The van der Waals surface area contributed by atoms with Gasteiger partial charge >= 0.3 is 0 Å². The molecule has 3 heteroatoms. The summed E-state index contributed by atoms with van der Waals surface area (Å²) >= 11 is 0. The molecule has 0 fully saturated rings. The van der Waals surface area contributed by atoms with Gasteiger partial charge in [-0.2, -0.15) is 0 Å². The number of Topliss-reactive ketones (excluding diaryl/α,β-unsaturated/α-hetero) is 1. The normalized spacial score (nSPS) is 9.44. The lowest BCUT2D eigenvalue weighted by atomic mass is 10.3. The molecule has 0 aliphatic carbocycles. The van der Waals surface area contributed by atoms with Crippen LogP contribution in [0.1, 0.15) is 10.5 Å². The fourth-order valence-corrected chi connectivity index (χ4v) is 0.589. The minimum absolute atomic E-state index is 0.278.